The Morgan fingerprint density at radius 1 is 1.29 bits per heavy atom. The SMILES string of the molecule is CNCc1nc(C)c(-c2ccc(F)cc2)n1C. The van der Waals surface area contributed by atoms with Crippen molar-refractivity contribution in [3.05, 3.63) is 41.6 Å². The lowest BCUT2D eigenvalue weighted by molar-refractivity contribution is 0.628. The molecule has 0 atom stereocenters. The molecule has 0 aliphatic carbocycles. The Kier molecular flexibility index (Phi) is 3.24. The second-order valence-corrected chi connectivity index (χ2v) is 4.06. The number of halogens is 1. The van der Waals surface area contributed by atoms with E-state index in [9.17, 15) is 4.39 Å². The van der Waals surface area contributed by atoms with Gasteiger partial charge in [-0.1, -0.05) is 0 Å². The molecule has 2 aromatic rings. The Bertz CT molecular complexity index is 514. The second-order valence-electron chi connectivity index (χ2n) is 4.06. The summed E-state index contributed by atoms with van der Waals surface area (Å²) in [4.78, 5) is 4.51. The van der Waals surface area contributed by atoms with Crippen LogP contribution in [0.5, 0.6) is 0 Å². The van der Waals surface area contributed by atoms with Gasteiger partial charge in [0.2, 0.25) is 0 Å². The van der Waals surface area contributed by atoms with Crippen LogP contribution in [-0.4, -0.2) is 16.6 Å². The summed E-state index contributed by atoms with van der Waals surface area (Å²) in [7, 11) is 3.87. The molecule has 0 aliphatic rings. The molecule has 0 aliphatic heterocycles. The summed E-state index contributed by atoms with van der Waals surface area (Å²) >= 11 is 0. The molecule has 1 aromatic carbocycles. The lowest BCUT2D eigenvalue weighted by Gasteiger charge is -2.06. The Labute approximate surface area is 100 Å². The van der Waals surface area contributed by atoms with Gasteiger partial charge in [-0.2, -0.15) is 0 Å². The third-order valence-corrected chi connectivity index (χ3v) is 2.81. The molecule has 4 heteroatoms. The molecule has 90 valence electrons. The topological polar surface area (TPSA) is 29.9 Å². The van der Waals surface area contributed by atoms with Gasteiger partial charge >= 0.3 is 0 Å². The van der Waals surface area contributed by atoms with Crippen molar-refractivity contribution in [1.29, 1.82) is 0 Å². The van der Waals surface area contributed by atoms with Gasteiger partial charge in [-0.15, -0.1) is 0 Å². The van der Waals surface area contributed by atoms with Crippen molar-refractivity contribution in [1.82, 2.24) is 14.9 Å². The van der Waals surface area contributed by atoms with E-state index in [2.05, 4.69) is 10.3 Å². The maximum absolute atomic E-state index is 12.9. The predicted molar refractivity (Wildman–Crippen MR) is 66.1 cm³/mol. The molecule has 0 saturated carbocycles. The maximum Gasteiger partial charge on any atom is 0.123 e. The van der Waals surface area contributed by atoms with Crippen LogP contribution in [0.15, 0.2) is 24.3 Å². The number of benzene rings is 1. The molecule has 0 unspecified atom stereocenters. The van der Waals surface area contributed by atoms with Crippen LogP contribution >= 0.6 is 0 Å². The van der Waals surface area contributed by atoms with E-state index in [1.807, 2.05) is 25.6 Å². The van der Waals surface area contributed by atoms with E-state index in [-0.39, 0.29) is 5.82 Å². The summed E-state index contributed by atoms with van der Waals surface area (Å²) < 4.78 is 14.9. The molecular weight excluding hydrogens is 217 g/mol. The second kappa shape index (κ2) is 4.67. The highest BCUT2D eigenvalue weighted by Gasteiger charge is 2.12. The molecule has 0 fully saturated rings. The van der Waals surface area contributed by atoms with Gasteiger partial charge < -0.3 is 9.88 Å². The molecule has 17 heavy (non-hydrogen) atoms. The third-order valence-electron chi connectivity index (χ3n) is 2.81. The molecular formula is C13H16FN3. The summed E-state index contributed by atoms with van der Waals surface area (Å²) in [6.07, 6.45) is 0. The molecule has 1 N–H and O–H groups in total. The number of hydrogen-bond donors (Lipinski definition) is 1. The van der Waals surface area contributed by atoms with Crippen LogP contribution in [0, 0.1) is 12.7 Å². The smallest absolute Gasteiger partial charge is 0.123 e. The van der Waals surface area contributed by atoms with Gasteiger partial charge in [0.05, 0.1) is 17.9 Å². The highest BCUT2D eigenvalue weighted by Crippen LogP contribution is 2.24. The van der Waals surface area contributed by atoms with Crippen molar-refractivity contribution in [2.75, 3.05) is 7.05 Å². The first-order chi connectivity index (χ1) is 8.13. The first-order valence-electron chi connectivity index (χ1n) is 5.56. The average molecular weight is 233 g/mol. The van der Waals surface area contributed by atoms with E-state index in [0.717, 1.165) is 29.3 Å². The number of aromatic nitrogens is 2. The van der Waals surface area contributed by atoms with E-state index in [1.165, 1.54) is 12.1 Å². The highest BCUT2D eigenvalue weighted by molar-refractivity contribution is 5.62. The van der Waals surface area contributed by atoms with E-state index in [0.29, 0.717) is 0 Å². The van der Waals surface area contributed by atoms with Gasteiger partial charge in [0.1, 0.15) is 11.6 Å². The molecule has 3 nitrogen and oxygen atoms in total. The number of nitrogens with zero attached hydrogens (tertiary/aromatic N) is 2. The summed E-state index contributed by atoms with van der Waals surface area (Å²) in [5.41, 5.74) is 2.99. The van der Waals surface area contributed by atoms with Crippen LogP contribution in [0.1, 0.15) is 11.5 Å². The Balaban J connectivity index is 2.48. The van der Waals surface area contributed by atoms with Crippen molar-refractivity contribution in [2.24, 2.45) is 7.05 Å². The van der Waals surface area contributed by atoms with Crippen LogP contribution in [0.4, 0.5) is 4.39 Å². The number of nitrogens with one attached hydrogen (secondary N) is 1. The molecule has 0 bridgehead atoms. The van der Waals surface area contributed by atoms with Gasteiger partial charge in [0.15, 0.2) is 0 Å². The van der Waals surface area contributed by atoms with Crippen LogP contribution < -0.4 is 5.32 Å². The quantitative estimate of drug-likeness (QED) is 0.881. The summed E-state index contributed by atoms with van der Waals surface area (Å²) in [5.74, 6) is 0.758. The van der Waals surface area contributed by atoms with Gasteiger partial charge in [-0.3, -0.25) is 0 Å². The zero-order valence-corrected chi connectivity index (χ0v) is 10.3. The Hall–Kier alpha value is -1.68. The van der Waals surface area contributed by atoms with Crippen molar-refractivity contribution < 1.29 is 4.39 Å². The molecule has 1 aromatic heterocycles. The third kappa shape index (κ3) is 2.22. The molecule has 1 heterocycles. The van der Waals surface area contributed by atoms with Crippen LogP contribution in [-0.2, 0) is 13.6 Å². The molecule has 0 amide bonds. The minimum Gasteiger partial charge on any atom is -0.330 e. The minimum absolute atomic E-state index is 0.219. The fourth-order valence-corrected chi connectivity index (χ4v) is 2.02. The zero-order chi connectivity index (χ0) is 12.4. The zero-order valence-electron chi connectivity index (χ0n) is 10.3. The Morgan fingerprint density at radius 3 is 2.53 bits per heavy atom. The van der Waals surface area contributed by atoms with Crippen molar-refractivity contribution in [3.63, 3.8) is 0 Å². The maximum atomic E-state index is 12.9. The molecule has 2 rings (SSSR count). The van der Waals surface area contributed by atoms with E-state index in [4.69, 9.17) is 0 Å². The van der Waals surface area contributed by atoms with Crippen molar-refractivity contribution in [2.45, 2.75) is 13.5 Å². The molecule has 0 saturated heterocycles. The van der Waals surface area contributed by atoms with E-state index < -0.39 is 0 Å². The Morgan fingerprint density at radius 2 is 1.94 bits per heavy atom. The predicted octanol–water partition coefficient (Wildman–Crippen LogP) is 2.25. The van der Waals surface area contributed by atoms with Gasteiger partial charge in [0.25, 0.3) is 0 Å². The minimum atomic E-state index is -0.219. The van der Waals surface area contributed by atoms with Gasteiger partial charge in [-0.05, 0) is 38.2 Å². The number of rotatable bonds is 3. The first-order valence-corrected chi connectivity index (χ1v) is 5.56. The molecule has 0 spiro atoms. The van der Waals surface area contributed by atoms with Crippen molar-refractivity contribution >= 4 is 0 Å². The van der Waals surface area contributed by atoms with Crippen LogP contribution in [0.3, 0.4) is 0 Å². The van der Waals surface area contributed by atoms with Gasteiger partial charge in [0, 0.05) is 12.6 Å². The highest BCUT2D eigenvalue weighted by atomic mass is 19.1. The number of imidazole rings is 1. The largest absolute Gasteiger partial charge is 0.330 e. The lowest BCUT2D eigenvalue weighted by atomic mass is 10.1. The number of aryl methyl sites for hydroxylation is 1. The lowest BCUT2D eigenvalue weighted by Crippen LogP contribution is -2.10. The van der Waals surface area contributed by atoms with Crippen LogP contribution in [0.2, 0.25) is 0 Å². The monoisotopic (exact) mass is 233 g/mol. The fraction of sp³-hybridized carbons (Fsp3) is 0.308. The fourth-order valence-electron chi connectivity index (χ4n) is 2.02. The summed E-state index contributed by atoms with van der Waals surface area (Å²) in [6.45, 7) is 2.69. The van der Waals surface area contributed by atoms with Crippen LogP contribution in [0.25, 0.3) is 11.3 Å². The average Bonchev–Trinajstić information content (AvgIpc) is 2.57. The van der Waals surface area contributed by atoms with Crippen molar-refractivity contribution in [3.8, 4) is 11.3 Å². The normalized spacial score (nSPS) is 10.8. The number of hydrogen-bond acceptors (Lipinski definition) is 2. The van der Waals surface area contributed by atoms with Gasteiger partial charge in [-0.25, -0.2) is 9.37 Å². The summed E-state index contributed by atoms with van der Waals surface area (Å²) in [5, 5.41) is 3.08. The van der Waals surface area contributed by atoms with E-state index in [1.54, 1.807) is 12.1 Å². The summed E-state index contributed by atoms with van der Waals surface area (Å²) in [6, 6.07) is 6.50. The molecule has 0 radical (unpaired) electrons. The van der Waals surface area contributed by atoms with E-state index >= 15 is 0 Å². The standard InChI is InChI=1S/C13H16FN3/c1-9-13(10-4-6-11(14)7-5-10)17(3)12(16-9)8-15-2/h4-7,15H,8H2,1-3H3. The first kappa shape index (κ1) is 11.8.